The zero-order valence-electron chi connectivity index (χ0n) is 11.7. The molecule has 112 valence electrons. The van der Waals surface area contributed by atoms with E-state index in [4.69, 9.17) is 18.0 Å². The number of hydrogen-bond acceptors (Lipinski definition) is 4. The Hall–Kier alpha value is -1.77. The molecule has 0 amide bonds. The first-order valence-corrected chi connectivity index (χ1v) is 8.02. The molecule has 0 aliphatic heterocycles. The molecule has 0 aliphatic carbocycles. The van der Waals surface area contributed by atoms with Crippen molar-refractivity contribution in [1.82, 2.24) is 14.3 Å². The summed E-state index contributed by atoms with van der Waals surface area (Å²) in [5, 5.41) is 0. The van der Waals surface area contributed by atoms with Crippen LogP contribution in [0.15, 0.2) is 35.5 Å². The topological polar surface area (TPSA) is 92.1 Å². The summed E-state index contributed by atoms with van der Waals surface area (Å²) in [6.45, 7) is 1.89. The van der Waals surface area contributed by atoms with Crippen LogP contribution in [0.25, 0.3) is 0 Å². The van der Waals surface area contributed by atoms with Gasteiger partial charge in [0, 0.05) is 25.0 Å². The monoisotopic (exact) mass is 324 g/mol. The minimum absolute atomic E-state index is 0.159. The summed E-state index contributed by atoms with van der Waals surface area (Å²) < 4.78 is 26.5. The Bertz CT molecular complexity index is 754. The Morgan fingerprint density at radius 1 is 1.48 bits per heavy atom. The fraction of sp³-hybridized carbons (Fsp3) is 0.231. The van der Waals surface area contributed by atoms with E-state index in [1.54, 1.807) is 31.5 Å². The van der Waals surface area contributed by atoms with Crippen molar-refractivity contribution in [3.63, 3.8) is 0 Å². The van der Waals surface area contributed by atoms with Crippen molar-refractivity contribution >= 4 is 27.2 Å². The summed E-state index contributed by atoms with van der Waals surface area (Å²) in [5.41, 5.74) is 6.74. The van der Waals surface area contributed by atoms with Gasteiger partial charge in [0.2, 0.25) is 10.0 Å². The molecule has 6 nitrogen and oxygen atoms in total. The number of aryl methyl sites for hydroxylation is 1. The first kappa shape index (κ1) is 15.6. The predicted octanol–water partition coefficient (Wildman–Crippen LogP) is 1.17. The fourth-order valence-corrected chi connectivity index (χ4v) is 3.39. The average Bonchev–Trinajstić information content (AvgIpc) is 2.91. The standard InChI is InChI=1S/C13H16N4O2S2/c1-9-3-4-10(13(14)20)7-11(9)21(18,19)17(2)8-12-15-5-6-16-12/h3-7H,8H2,1-2H3,(H2,14,20)(H,15,16). The Labute approximate surface area is 129 Å². The van der Waals surface area contributed by atoms with Gasteiger partial charge >= 0.3 is 0 Å². The van der Waals surface area contributed by atoms with E-state index in [2.05, 4.69) is 9.97 Å². The normalized spacial score (nSPS) is 11.8. The van der Waals surface area contributed by atoms with Crippen molar-refractivity contribution in [3.05, 3.63) is 47.5 Å². The largest absolute Gasteiger partial charge is 0.389 e. The molecule has 0 atom stereocenters. The van der Waals surface area contributed by atoms with Crippen LogP contribution in [0.1, 0.15) is 17.0 Å². The number of H-pyrrole nitrogens is 1. The van der Waals surface area contributed by atoms with E-state index in [1.807, 2.05) is 0 Å². The molecule has 2 aromatic rings. The van der Waals surface area contributed by atoms with E-state index in [1.165, 1.54) is 17.4 Å². The number of sulfonamides is 1. The van der Waals surface area contributed by atoms with E-state index in [0.717, 1.165) is 0 Å². The number of imidazole rings is 1. The second-order valence-electron chi connectivity index (χ2n) is 4.64. The Balaban J connectivity index is 2.38. The zero-order chi connectivity index (χ0) is 15.6. The number of thiocarbonyl (C=S) groups is 1. The molecule has 1 aromatic carbocycles. The van der Waals surface area contributed by atoms with Crippen molar-refractivity contribution in [1.29, 1.82) is 0 Å². The van der Waals surface area contributed by atoms with Crippen LogP contribution in [-0.2, 0) is 16.6 Å². The molecule has 0 unspecified atom stereocenters. The molecule has 0 saturated carbocycles. The number of nitrogens with zero attached hydrogens (tertiary/aromatic N) is 2. The number of benzene rings is 1. The smallest absolute Gasteiger partial charge is 0.243 e. The Kier molecular flexibility index (Phi) is 4.40. The van der Waals surface area contributed by atoms with Gasteiger partial charge in [0.15, 0.2) is 0 Å². The van der Waals surface area contributed by atoms with Gasteiger partial charge < -0.3 is 10.7 Å². The molecular formula is C13H16N4O2S2. The summed E-state index contributed by atoms with van der Waals surface area (Å²) in [5.74, 6) is 0.573. The number of nitrogens with two attached hydrogens (primary N) is 1. The van der Waals surface area contributed by atoms with Crippen molar-refractivity contribution in [3.8, 4) is 0 Å². The van der Waals surface area contributed by atoms with E-state index >= 15 is 0 Å². The second kappa shape index (κ2) is 5.92. The molecule has 2 rings (SSSR count). The van der Waals surface area contributed by atoms with Gasteiger partial charge in [-0.1, -0.05) is 24.4 Å². The van der Waals surface area contributed by atoms with Crippen LogP contribution in [0.4, 0.5) is 0 Å². The lowest BCUT2D eigenvalue weighted by Gasteiger charge is -2.18. The van der Waals surface area contributed by atoms with Crippen LogP contribution in [0.5, 0.6) is 0 Å². The molecule has 1 heterocycles. The van der Waals surface area contributed by atoms with E-state index in [0.29, 0.717) is 17.0 Å². The summed E-state index contributed by atoms with van der Waals surface area (Å²) >= 11 is 4.90. The first-order valence-electron chi connectivity index (χ1n) is 6.17. The molecule has 0 fully saturated rings. The third-order valence-electron chi connectivity index (χ3n) is 3.09. The fourth-order valence-electron chi connectivity index (χ4n) is 1.88. The molecule has 1 aromatic heterocycles. The summed E-state index contributed by atoms with van der Waals surface area (Å²) in [7, 11) is -2.14. The van der Waals surface area contributed by atoms with E-state index < -0.39 is 10.0 Å². The van der Waals surface area contributed by atoms with Crippen molar-refractivity contribution in [2.75, 3.05) is 7.05 Å². The molecule has 0 aliphatic rings. The molecular weight excluding hydrogens is 308 g/mol. The summed E-state index contributed by atoms with van der Waals surface area (Å²) in [6.07, 6.45) is 3.23. The third kappa shape index (κ3) is 3.29. The van der Waals surface area contributed by atoms with Crippen molar-refractivity contribution < 1.29 is 8.42 Å². The minimum Gasteiger partial charge on any atom is -0.389 e. The Morgan fingerprint density at radius 2 is 2.19 bits per heavy atom. The minimum atomic E-state index is -3.64. The maximum atomic E-state index is 12.7. The lowest BCUT2D eigenvalue weighted by molar-refractivity contribution is 0.457. The lowest BCUT2D eigenvalue weighted by atomic mass is 10.1. The molecule has 0 radical (unpaired) electrons. The Morgan fingerprint density at radius 3 is 2.76 bits per heavy atom. The van der Waals surface area contributed by atoms with Crippen LogP contribution in [0, 0.1) is 6.92 Å². The van der Waals surface area contributed by atoms with Gasteiger partial charge in [0.1, 0.15) is 10.8 Å². The molecule has 0 bridgehead atoms. The highest BCUT2D eigenvalue weighted by atomic mass is 32.2. The zero-order valence-corrected chi connectivity index (χ0v) is 13.3. The number of hydrogen-bond donors (Lipinski definition) is 2. The van der Waals surface area contributed by atoms with Crippen molar-refractivity contribution in [2.24, 2.45) is 5.73 Å². The third-order valence-corrected chi connectivity index (χ3v) is 5.27. The number of aromatic amines is 1. The maximum Gasteiger partial charge on any atom is 0.243 e. The van der Waals surface area contributed by atoms with Crippen LogP contribution in [0.3, 0.4) is 0 Å². The SMILES string of the molecule is Cc1ccc(C(N)=S)cc1S(=O)(=O)N(C)Cc1ncc[nH]1. The number of nitrogens with one attached hydrogen (secondary N) is 1. The van der Waals surface area contributed by atoms with Gasteiger partial charge in [-0.2, -0.15) is 4.31 Å². The summed E-state index contributed by atoms with van der Waals surface area (Å²) in [4.78, 5) is 7.27. The van der Waals surface area contributed by atoms with Gasteiger partial charge in [-0.25, -0.2) is 13.4 Å². The number of aromatic nitrogens is 2. The van der Waals surface area contributed by atoms with Crippen LogP contribution in [-0.4, -0.2) is 34.7 Å². The van der Waals surface area contributed by atoms with Gasteiger partial charge in [-0.05, 0) is 18.6 Å². The van der Waals surface area contributed by atoms with Crippen LogP contribution < -0.4 is 5.73 Å². The first-order chi connectivity index (χ1) is 9.82. The predicted molar refractivity (Wildman–Crippen MR) is 84.3 cm³/mol. The highest BCUT2D eigenvalue weighted by molar-refractivity contribution is 7.89. The molecule has 8 heteroatoms. The second-order valence-corrected chi connectivity index (χ2v) is 7.09. The van der Waals surface area contributed by atoms with E-state index in [9.17, 15) is 8.42 Å². The molecule has 21 heavy (non-hydrogen) atoms. The van der Waals surface area contributed by atoms with Crippen LogP contribution >= 0.6 is 12.2 Å². The van der Waals surface area contributed by atoms with E-state index in [-0.39, 0.29) is 16.4 Å². The summed E-state index contributed by atoms with van der Waals surface area (Å²) in [6, 6.07) is 4.91. The lowest BCUT2D eigenvalue weighted by Crippen LogP contribution is -2.28. The van der Waals surface area contributed by atoms with Gasteiger partial charge in [-0.15, -0.1) is 0 Å². The quantitative estimate of drug-likeness (QED) is 0.806. The maximum absolute atomic E-state index is 12.7. The van der Waals surface area contributed by atoms with Gasteiger partial charge in [-0.3, -0.25) is 0 Å². The van der Waals surface area contributed by atoms with Crippen molar-refractivity contribution in [2.45, 2.75) is 18.4 Å². The molecule has 3 N–H and O–H groups in total. The average molecular weight is 324 g/mol. The van der Waals surface area contributed by atoms with Gasteiger partial charge in [0.25, 0.3) is 0 Å². The highest BCUT2D eigenvalue weighted by Crippen LogP contribution is 2.21. The molecule has 0 spiro atoms. The number of rotatable bonds is 5. The molecule has 0 saturated heterocycles. The van der Waals surface area contributed by atoms with Crippen LogP contribution in [0.2, 0.25) is 0 Å². The highest BCUT2D eigenvalue weighted by Gasteiger charge is 2.24. The van der Waals surface area contributed by atoms with Gasteiger partial charge in [0.05, 0.1) is 11.4 Å².